The average Bonchev–Trinajstić information content (AvgIpc) is 3.18. The van der Waals surface area contributed by atoms with Gasteiger partial charge in [0.25, 0.3) is 0 Å². The van der Waals surface area contributed by atoms with E-state index in [1.54, 1.807) is 28.9 Å². The van der Waals surface area contributed by atoms with Gasteiger partial charge in [0.15, 0.2) is 5.13 Å². The normalized spacial score (nSPS) is 21.3. The van der Waals surface area contributed by atoms with E-state index in [-0.39, 0.29) is 0 Å². The average molecular weight is 335 g/mol. The molecule has 0 bridgehead atoms. The predicted molar refractivity (Wildman–Crippen MR) is 89.5 cm³/mol. The lowest BCUT2D eigenvalue weighted by atomic mass is 9.81. The maximum Gasteiger partial charge on any atom is 0.213 e. The maximum atomic E-state index is 10.5. The molecular formula is C14H17N5OS2. The van der Waals surface area contributed by atoms with E-state index >= 15 is 0 Å². The van der Waals surface area contributed by atoms with Crippen LogP contribution in [-0.4, -0.2) is 21.6 Å². The van der Waals surface area contributed by atoms with Crippen molar-refractivity contribution in [3.63, 3.8) is 0 Å². The van der Waals surface area contributed by atoms with E-state index in [1.165, 1.54) is 11.3 Å². The summed E-state index contributed by atoms with van der Waals surface area (Å²) in [5, 5.41) is 16.6. The van der Waals surface area contributed by atoms with Crippen LogP contribution < -0.4 is 10.6 Å². The van der Waals surface area contributed by atoms with Crippen LogP contribution in [0.15, 0.2) is 19.0 Å². The Hall–Kier alpha value is -1.80. The molecular weight excluding hydrogens is 318 g/mol. The lowest BCUT2D eigenvalue weighted by Gasteiger charge is -2.26. The minimum absolute atomic E-state index is 0.446. The molecule has 1 amide bonds. The number of hydrogen-bond acceptors (Lipinski definition) is 7. The molecule has 2 heterocycles. The fraction of sp³-hybridized carbons (Fsp3) is 0.429. The lowest BCUT2D eigenvalue weighted by molar-refractivity contribution is -0.105. The minimum Gasteiger partial charge on any atom is -0.337 e. The van der Waals surface area contributed by atoms with Gasteiger partial charge in [-0.1, -0.05) is 24.3 Å². The Morgan fingerprint density at radius 3 is 2.86 bits per heavy atom. The highest BCUT2D eigenvalue weighted by atomic mass is 32.1. The van der Waals surface area contributed by atoms with Crippen molar-refractivity contribution in [3.8, 4) is 0 Å². The van der Waals surface area contributed by atoms with Crippen molar-refractivity contribution in [3.05, 3.63) is 28.9 Å². The van der Waals surface area contributed by atoms with Crippen LogP contribution >= 0.6 is 22.7 Å². The van der Waals surface area contributed by atoms with E-state index in [0.717, 1.165) is 29.4 Å². The molecule has 2 aromatic rings. The zero-order chi connectivity index (χ0) is 15.4. The topological polar surface area (TPSA) is 79.8 Å². The SMILES string of the molecule is C=CNc1nnc([C@@H]2CCC[C@H](c3cnc(NC=O)s3)C2)s1. The van der Waals surface area contributed by atoms with Gasteiger partial charge in [-0.05, 0) is 31.4 Å². The molecule has 0 aromatic carbocycles. The second-order valence-corrected chi connectivity index (χ2v) is 7.26. The van der Waals surface area contributed by atoms with Crippen molar-refractivity contribution < 1.29 is 4.79 Å². The molecule has 0 radical (unpaired) electrons. The predicted octanol–water partition coefficient (Wildman–Crippen LogP) is 3.56. The molecule has 1 aliphatic carbocycles. The van der Waals surface area contributed by atoms with Crippen LogP contribution in [0.2, 0.25) is 0 Å². The summed E-state index contributed by atoms with van der Waals surface area (Å²) in [5.74, 6) is 0.930. The smallest absolute Gasteiger partial charge is 0.213 e. The van der Waals surface area contributed by atoms with Crippen molar-refractivity contribution in [1.29, 1.82) is 0 Å². The zero-order valence-electron chi connectivity index (χ0n) is 12.0. The number of carbonyl (C=O) groups excluding carboxylic acids is 1. The fourth-order valence-corrected chi connectivity index (χ4v) is 4.62. The number of thiazole rings is 1. The Bertz CT molecular complexity index is 599. The molecule has 8 heteroatoms. The Labute approximate surface area is 136 Å². The Morgan fingerprint density at radius 1 is 1.18 bits per heavy atom. The molecule has 0 aliphatic heterocycles. The molecule has 6 nitrogen and oxygen atoms in total. The molecule has 1 fully saturated rings. The first-order chi connectivity index (χ1) is 10.8. The number of amides is 1. The maximum absolute atomic E-state index is 10.5. The number of hydrogen-bond donors (Lipinski definition) is 2. The summed E-state index contributed by atoms with van der Waals surface area (Å²) < 4.78 is 0. The summed E-state index contributed by atoms with van der Waals surface area (Å²) >= 11 is 3.16. The first kappa shape index (κ1) is 15.1. The molecule has 0 saturated heterocycles. The fourth-order valence-electron chi connectivity index (χ4n) is 2.81. The van der Waals surface area contributed by atoms with Gasteiger partial charge in [0, 0.05) is 17.0 Å². The monoisotopic (exact) mass is 335 g/mol. The molecule has 2 aromatic heterocycles. The van der Waals surface area contributed by atoms with E-state index in [1.807, 2.05) is 6.20 Å². The number of aromatic nitrogens is 3. The van der Waals surface area contributed by atoms with Crippen LogP contribution in [0.1, 0.15) is 47.4 Å². The van der Waals surface area contributed by atoms with Crippen molar-refractivity contribution in [2.24, 2.45) is 0 Å². The van der Waals surface area contributed by atoms with Crippen molar-refractivity contribution in [1.82, 2.24) is 15.2 Å². The van der Waals surface area contributed by atoms with E-state index in [9.17, 15) is 4.79 Å². The molecule has 22 heavy (non-hydrogen) atoms. The number of nitrogens with one attached hydrogen (secondary N) is 2. The molecule has 0 unspecified atom stereocenters. The van der Waals surface area contributed by atoms with Gasteiger partial charge in [0.2, 0.25) is 11.5 Å². The summed E-state index contributed by atoms with van der Waals surface area (Å²) in [5.41, 5.74) is 0. The summed E-state index contributed by atoms with van der Waals surface area (Å²) in [6, 6.07) is 0. The van der Waals surface area contributed by atoms with Crippen molar-refractivity contribution >= 4 is 39.3 Å². The molecule has 3 rings (SSSR count). The van der Waals surface area contributed by atoms with Gasteiger partial charge in [-0.2, -0.15) is 0 Å². The van der Waals surface area contributed by atoms with Gasteiger partial charge in [-0.15, -0.1) is 21.5 Å². The van der Waals surface area contributed by atoms with Crippen LogP contribution in [-0.2, 0) is 4.79 Å². The largest absolute Gasteiger partial charge is 0.337 e. The van der Waals surface area contributed by atoms with Gasteiger partial charge in [0.05, 0.1) is 0 Å². The van der Waals surface area contributed by atoms with E-state index < -0.39 is 0 Å². The van der Waals surface area contributed by atoms with Gasteiger partial charge in [0.1, 0.15) is 5.01 Å². The second-order valence-electron chi connectivity index (χ2n) is 5.18. The summed E-state index contributed by atoms with van der Waals surface area (Å²) in [4.78, 5) is 16.0. The Balaban J connectivity index is 1.69. The standard InChI is InChI=1S/C14H17N5OS2/c1-2-15-14-19-18-12(22-14)10-5-3-4-9(6-10)11-7-16-13(21-11)17-8-20/h2,7-10H,1,3-6H2,(H,15,19)(H,16,17,20)/t9-,10+/m0/s1. The summed E-state index contributed by atoms with van der Waals surface area (Å²) in [6.07, 6.45) is 8.72. The van der Waals surface area contributed by atoms with Crippen LogP contribution in [0.5, 0.6) is 0 Å². The molecule has 2 atom stereocenters. The zero-order valence-corrected chi connectivity index (χ0v) is 13.6. The van der Waals surface area contributed by atoms with Gasteiger partial charge in [-0.3, -0.25) is 4.79 Å². The molecule has 0 spiro atoms. The number of carbonyl (C=O) groups is 1. The minimum atomic E-state index is 0.446. The van der Waals surface area contributed by atoms with Gasteiger partial charge >= 0.3 is 0 Å². The van der Waals surface area contributed by atoms with Crippen molar-refractivity contribution in [2.75, 3.05) is 10.6 Å². The van der Waals surface area contributed by atoms with Gasteiger partial charge < -0.3 is 10.6 Å². The number of rotatable bonds is 6. The lowest BCUT2D eigenvalue weighted by Crippen LogP contribution is -2.12. The van der Waals surface area contributed by atoms with E-state index in [2.05, 4.69) is 32.4 Å². The highest BCUT2D eigenvalue weighted by Gasteiger charge is 2.28. The van der Waals surface area contributed by atoms with Crippen LogP contribution in [0, 0.1) is 0 Å². The number of anilines is 2. The summed E-state index contributed by atoms with van der Waals surface area (Å²) in [7, 11) is 0. The highest BCUT2D eigenvalue weighted by molar-refractivity contribution is 7.16. The second kappa shape index (κ2) is 6.97. The molecule has 116 valence electrons. The Morgan fingerprint density at radius 2 is 2.05 bits per heavy atom. The Kier molecular flexibility index (Phi) is 4.79. The van der Waals surface area contributed by atoms with Crippen LogP contribution in [0.4, 0.5) is 10.3 Å². The quantitative estimate of drug-likeness (QED) is 0.789. The third-order valence-electron chi connectivity index (χ3n) is 3.80. The van der Waals surface area contributed by atoms with E-state index in [4.69, 9.17) is 0 Å². The van der Waals surface area contributed by atoms with E-state index in [0.29, 0.717) is 23.4 Å². The molecule has 1 saturated carbocycles. The first-order valence-corrected chi connectivity index (χ1v) is 8.80. The summed E-state index contributed by atoms with van der Waals surface area (Å²) in [6.45, 7) is 3.64. The highest BCUT2D eigenvalue weighted by Crippen LogP contribution is 2.44. The van der Waals surface area contributed by atoms with Gasteiger partial charge in [-0.25, -0.2) is 4.98 Å². The number of nitrogens with zero attached hydrogens (tertiary/aromatic N) is 3. The molecule has 2 N–H and O–H groups in total. The third kappa shape index (κ3) is 3.33. The van der Waals surface area contributed by atoms with Crippen LogP contribution in [0.3, 0.4) is 0 Å². The van der Waals surface area contributed by atoms with Crippen LogP contribution in [0.25, 0.3) is 0 Å². The third-order valence-corrected chi connectivity index (χ3v) is 5.91. The van der Waals surface area contributed by atoms with Crippen molar-refractivity contribution in [2.45, 2.75) is 37.5 Å². The molecule has 1 aliphatic rings. The first-order valence-electron chi connectivity index (χ1n) is 7.17.